The minimum atomic E-state index is 0.235. The van der Waals surface area contributed by atoms with Gasteiger partial charge in [-0.3, -0.25) is 4.98 Å². The van der Waals surface area contributed by atoms with Gasteiger partial charge < -0.3 is 10.1 Å². The molecule has 1 aliphatic heterocycles. The first-order chi connectivity index (χ1) is 9.77. The maximum Gasteiger partial charge on any atom is 0.0708 e. The van der Waals surface area contributed by atoms with Gasteiger partial charge in [0, 0.05) is 18.8 Å². The quantitative estimate of drug-likeness (QED) is 0.910. The zero-order chi connectivity index (χ0) is 13.8. The number of aromatic nitrogens is 1. The van der Waals surface area contributed by atoms with Crippen molar-refractivity contribution in [2.75, 3.05) is 6.54 Å². The largest absolute Gasteiger partial charge is 0.370 e. The lowest BCUT2D eigenvalue weighted by atomic mass is 9.83. The molecule has 20 heavy (non-hydrogen) atoms. The van der Waals surface area contributed by atoms with Gasteiger partial charge in [-0.25, -0.2) is 0 Å². The molecule has 110 valence electrons. The van der Waals surface area contributed by atoms with Gasteiger partial charge in [0.2, 0.25) is 0 Å². The second kappa shape index (κ2) is 6.23. The number of nitrogens with zero attached hydrogens (tertiary/aromatic N) is 1. The summed E-state index contributed by atoms with van der Waals surface area (Å²) in [7, 11) is 0. The van der Waals surface area contributed by atoms with Crippen LogP contribution in [0.3, 0.4) is 0 Å². The Morgan fingerprint density at radius 1 is 1.30 bits per heavy atom. The molecule has 1 aliphatic carbocycles. The predicted octanol–water partition coefficient (Wildman–Crippen LogP) is 3.61. The Balaban J connectivity index is 1.48. The first-order valence-electron chi connectivity index (χ1n) is 8.10. The van der Waals surface area contributed by atoms with Crippen molar-refractivity contribution >= 4 is 0 Å². The van der Waals surface area contributed by atoms with Gasteiger partial charge in [0.15, 0.2) is 0 Å². The smallest absolute Gasteiger partial charge is 0.0708 e. The summed E-state index contributed by atoms with van der Waals surface area (Å²) in [6.45, 7) is 3.12. The summed E-state index contributed by atoms with van der Waals surface area (Å²) in [4.78, 5) is 4.40. The fourth-order valence-electron chi connectivity index (χ4n) is 3.65. The van der Waals surface area contributed by atoms with E-state index in [0.717, 1.165) is 12.2 Å². The van der Waals surface area contributed by atoms with E-state index in [4.69, 9.17) is 4.74 Å². The van der Waals surface area contributed by atoms with Gasteiger partial charge in [-0.1, -0.05) is 25.3 Å². The normalized spacial score (nSPS) is 26.8. The molecule has 0 bridgehead atoms. The summed E-state index contributed by atoms with van der Waals surface area (Å²) in [5.41, 5.74) is 1.34. The summed E-state index contributed by atoms with van der Waals surface area (Å²) in [5.74, 6) is 0. The molecule has 2 fully saturated rings. The number of rotatable bonds is 4. The molecule has 2 aliphatic rings. The molecule has 1 aromatic rings. The third-order valence-corrected chi connectivity index (χ3v) is 4.89. The van der Waals surface area contributed by atoms with Crippen LogP contribution in [0.4, 0.5) is 0 Å². The summed E-state index contributed by atoms with van der Waals surface area (Å²) in [5, 5.41) is 3.58. The topological polar surface area (TPSA) is 34.1 Å². The molecule has 2 atom stereocenters. The Labute approximate surface area is 122 Å². The fourth-order valence-corrected chi connectivity index (χ4v) is 3.65. The number of nitrogens with one attached hydrogen (secondary N) is 1. The van der Waals surface area contributed by atoms with Crippen molar-refractivity contribution in [2.24, 2.45) is 0 Å². The highest BCUT2D eigenvalue weighted by molar-refractivity contribution is 5.07. The fraction of sp³-hybridized carbons (Fsp3) is 0.706. The Hall–Kier alpha value is -0.930. The molecule has 1 N–H and O–H groups in total. The van der Waals surface area contributed by atoms with E-state index >= 15 is 0 Å². The van der Waals surface area contributed by atoms with E-state index in [1.807, 2.05) is 18.3 Å². The molecule has 2 unspecified atom stereocenters. The van der Waals surface area contributed by atoms with E-state index in [9.17, 15) is 0 Å². The van der Waals surface area contributed by atoms with E-state index in [-0.39, 0.29) is 5.60 Å². The Morgan fingerprint density at radius 3 is 2.90 bits per heavy atom. The summed E-state index contributed by atoms with van der Waals surface area (Å²) in [6.07, 6.45) is 11.4. The lowest BCUT2D eigenvalue weighted by molar-refractivity contribution is -0.0628. The van der Waals surface area contributed by atoms with Crippen molar-refractivity contribution in [3.8, 4) is 0 Å². The van der Waals surface area contributed by atoms with Gasteiger partial charge in [-0.15, -0.1) is 0 Å². The van der Waals surface area contributed by atoms with Gasteiger partial charge in [0.1, 0.15) is 0 Å². The number of ether oxygens (including phenoxy) is 1. The van der Waals surface area contributed by atoms with Crippen molar-refractivity contribution in [2.45, 2.75) is 69.6 Å². The van der Waals surface area contributed by atoms with E-state index in [1.165, 1.54) is 44.9 Å². The molecule has 0 aromatic carbocycles. The maximum atomic E-state index is 6.39. The molecule has 0 amide bonds. The van der Waals surface area contributed by atoms with Gasteiger partial charge in [-0.2, -0.15) is 0 Å². The minimum Gasteiger partial charge on any atom is -0.370 e. The number of pyridine rings is 1. The van der Waals surface area contributed by atoms with Crippen LogP contribution < -0.4 is 5.32 Å². The lowest BCUT2D eigenvalue weighted by Crippen LogP contribution is -2.35. The SMILES string of the molecule is CC(NCC1CCC2(CCCCC2)O1)c1ccccn1. The molecule has 1 aromatic heterocycles. The third kappa shape index (κ3) is 3.21. The standard InChI is InChI=1S/C17H26N2O/c1-14(16-7-3-6-12-18-16)19-13-15-8-11-17(20-15)9-4-2-5-10-17/h3,6-7,12,14-15,19H,2,4-5,8-11,13H2,1H3. The average molecular weight is 274 g/mol. The van der Waals surface area contributed by atoms with Crippen LogP contribution in [0.25, 0.3) is 0 Å². The molecule has 1 saturated heterocycles. The zero-order valence-electron chi connectivity index (χ0n) is 12.5. The van der Waals surface area contributed by atoms with Crippen LogP contribution in [0.1, 0.15) is 63.6 Å². The minimum absolute atomic E-state index is 0.235. The Morgan fingerprint density at radius 2 is 2.15 bits per heavy atom. The molecule has 3 nitrogen and oxygen atoms in total. The van der Waals surface area contributed by atoms with Crippen molar-refractivity contribution in [3.05, 3.63) is 30.1 Å². The second-order valence-electron chi connectivity index (χ2n) is 6.41. The Kier molecular flexibility index (Phi) is 4.37. The summed E-state index contributed by atoms with van der Waals surface area (Å²) in [6, 6.07) is 6.38. The van der Waals surface area contributed by atoms with Gasteiger partial charge in [0.05, 0.1) is 17.4 Å². The van der Waals surface area contributed by atoms with Crippen LogP contribution >= 0.6 is 0 Å². The second-order valence-corrected chi connectivity index (χ2v) is 6.41. The monoisotopic (exact) mass is 274 g/mol. The van der Waals surface area contributed by atoms with E-state index in [0.29, 0.717) is 12.1 Å². The van der Waals surface area contributed by atoms with Gasteiger partial charge >= 0.3 is 0 Å². The summed E-state index contributed by atoms with van der Waals surface area (Å²) < 4.78 is 6.39. The molecule has 1 saturated carbocycles. The van der Waals surface area contributed by atoms with Crippen molar-refractivity contribution in [1.29, 1.82) is 0 Å². The lowest BCUT2D eigenvalue weighted by Gasteiger charge is -2.33. The molecule has 2 heterocycles. The number of hydrogen-bond donors (Lipinski definition) is 1. The van der Waals surface area contributed by atoms with Crippen LogP contribution in [-0.2, 0) is 4.74 Å². The molecule has 0 radical (unpaired) electrons. The van der Waals surface area contributed by atoms with E-state index in [2.05, 4.69) is 23.3 Å². The van der Waals surface area contributed by atoms with Gasteiger partial charge in [0.25, 0.3) is 0 Å². The van der Waals surface area contributed by atoms with E-state index < -0.39 is 0 Å². The Bertz CT molecular complexity index is 414. The summed E-state index contributed by atoms with van der Waals surface area (Å²) >= 11 is 0. The van der Waals surface area contributed by atoms with Crippen molar-refractivity contribution in [1.82, 2.24) is 10.3 Å². The van der Waals surface area contributed by atoms with Crippen LogP contribution in [0.15, 0.2) is 24.4 Å². The van der Waals surface area contributed by atoms with Crippen molar-refractivity contribution < 1.29 is 4.74 Å². The predicted molar refractivity (Wildman–Crippen MR) is 80.6 cm³/mol. The highest BCUT2D eigenvalue weighted by Crippen LogP contribution is 2.41. The molecule has 3 rings (SSSR count). The van der Waals surface area contributed by atoms with Crippen LogP contribution in [0.2, 0.25) is 0 Å². The average Bonchev–Trinajstić information content (AvgIpc) is 2.89. The zero-order valence-corrected chi connectivity index (χ0v) is 12.5. The molecular weight excluding hydrogens is 248 g/mol. The van der Waals surface area contributed by atoms with Crippen molar-refractivity contribution in [3.63, 3.8) is 0 Å². The number of hydrogen-bond acceptors (Lipinski definition) is 3. The molecule has 3 heteroatoms. The van der Waals surface area contributed by atoms with Crippen LogP contribution in [-0.4, -0.2) is 23.2 Å². The maximum absolute atomic E-state index is 6.39. The molecular formula is C17H26N2O. The first-order valence-corrected chi connectivity index (χ1v) is 8.10. The highest BCUT2D eigenvalue weighted by Gasteiger charge is 2.40. The van der Waals surface area contributed by atoms with Crippen LogP contribution in [0, 0.1) is 0 Å². The van der Waals surface area contributed by atoms with Crippen LogP contribution in [0.5, 0.6) is 0 Å². The highest BCUT2D eigenvalue weighted by atomic mass is 16.5. The van der Waals surface area contributed by atoms with E-state index in [1.54, 1.807) is 0 Å². The first kappa shape index (κ1) is 14.0. The van der Waals surface area contributed by atoms with Gasteiger partial charge in [-0.05, 0) is 44.7 Å². The molecule has 1 spiro atoms. The third-order valence-electron chi connectivity index (χ3n) is 4.89.